The molecule has 0 aromatic carbocycles. The van der Waals surface area contributed by atoms with Crippen molar-refractivity contribution in [3.8, 4) is 0 Å². The van der Waals surface area contributed by atoms with Crippen LogP contribution in [0.5, 0.6) is 0 Å². The van der Waals surface area contributed by atoms with Crippen LogP contribution in [0, 0.1) is 0 Å². The minimum atomic E-state index is -0.475. The number of hydrogen-bond acceptors (Lipinski definition) is 5. The minimum Gasteiger partial charge on any atom is -0.444 e. The molecule has 0 fully saturated rings. The maximum Gasteiger partial charge on any atom is 0.410 e. The molecule has 0 spiro atoms. The standard InChI is InChI=1S/C16H24IN3O3S/c1-16(2,3)23-15(21)19-6-4-5-13(10-19)14-9-18-20(11-14)12-22-7-8-24-17/h5,9,11H,4,6-8,10,12H2,1-3H3. The first kappa shape index (κ1) is 19.6. The van der Waals surface area contributed by atoms with Gasteiger partial charge in [0.25, 0.3) is 0 Å². The van der Waals surface area contributed by atoms with Crippen molar-refractivity contribution in [2.75, 3.05) is 25.4 Å². The van der Waals surface area contributed by atoms with Crippen molar-refractivity contribution in [1.82, 2.24) is 14.7 Å². The number of rotatable bonds is 6. The summed E-state index contributed by atoms with van der Waals surface area (Å²) < 4.78 is 12.8. The summed E-state index contributed by atoms with van der Waals surface area (Å²) >= 11 is 2.25. The Labute approximate surface area is 159 Å². The summed E-state index contributed by atoms with van der Waals surface area (Å²) in [7, 11) is 1.73. The van der Waals surface area contributed by atoms with Crippen molar-refractivity contribution >= 4 is 41.8 Å². The van der Waals surface area contributed by atoms with Gasteiger partial charge in [0.2, 0.25) is 0 Å². The predicted molar refractivity (Wildman–Crippen MR) is 105 cm³/mol. The zero-order valence-corrected chi connectivity index (χ0v) is 17.3. The van der Waals surface area contributed by atoms with E-state index in [1.54, 1.807) is 18.5 Å². The van der Waals surface area contributed by atoms with Gasteiger partial charge >= 0.3 is 6.09 Å². The molecule has 1 aliphatic rings. The normalized spacial score (nSPS) is 15.3. The van der Waals surface area contributed by atoms with E-state index in [1.165, 1.54) is 0 Å². The third kappa shape index (κ3) is 6.29. The van der Waals surface area contributed by atoms with E-state index in [0.29, 0.717) is 26.4 Å². The van der Waals surface area contributed by atoms with Crippen LogP contribution in [0.2, 0.25) is 0 Å². The van der Waals surface area contributed by atoms with Gasteiger partial charge in [0.1, 0.15) is 12.3 Å². The fourth-order valence-electron chi connectivity index (χ4n) is 2.28. The molecule has 0 bridgehead atoms. The van der Waals surface area contributed by atoms with E-state index in [1.807, 2.05) is 33.2 Å². The van der Waals surface area contributed by atoms with Crippen LogP contribution in [-0.2, 0) is 16.2 Å². The van der Waals surface area contributed by atoms with Gasteiger partial charge in [0.05, 0.1) is 12.8 Å². The van der Waals surface area contributed by atoms with Crippen LogP contribution in [0.1, 0.15) is 32.8 Å². The van der Waals surface area contributed by atoms with Crippen molar-refractivity contribution in [2.45, 2.75) is 39.5 Å². The summed E-state index contributed by atoms with van der Waals surface area (Å²) in [5.74, 6) is 0.963. The summed E-state index contributed by atoms with van der Waals surface area (Å²) in [5.41, 5.74) is 1.65. The Morgan fingerprint density at radius 2 is 2.25 bits per heavy atom. The number of ether oxygens (including phenoxy) is 2. The molecule has 1 aromatic rings. The second kappa shape index (κ2) is 9.10. The molecular weight excluding hydrogens is 441 g/mol. The number of carbonyl (C=O) groups excluding carboxylic acids is 1. The van der Waals surface area contributed by atoms with Gasteiger partial charge in [-0.15, -0.1) is 0 Å². The summed E-state index contributed by atoms with van der Waals surface area (Å²) in [4.78, 5) is 14.0. The smallest absolute Gasteiger partial charge is 0.410 e. The van der Waals surface area contributed by atoms with Crippen LogP contribution < -0.4 is 0 Å². The molecule has 0 saturated carbocycles. The fourth-order valence-corrected chi connectivity index (χ4v) is 3.00. The van der Waals surface area contributed by atoms with Crippen LogP contribution in [0.4, 0.5) is 4.79 Å². The average Bonchev–Trinajstić information content (AvgIpc) is 2.99. The molecule has 0 radical (unpaired) electrons. The lowest BCUT2D eigenvalue weighted by atomic mass is 10.1. The Morgan fingerprint density at radius 3 is 2.96 bits per heavy atom. The van der Waals surface area contributed by atoms with Gasteiger partial charge in [-0.3, -0.25) is 0 Å². The maximum absolute atomic E-state index is 12.2. The topological polar surface area (TPSA) is 56.6 Å². The van der Waals surface area contributed by atoms with Crippen molar-refractivity contribution in [2.24, 2.45) is 0 Å². The second-order valence-corrected chi connectivity index (χ2v) is 9.03. The molecule has 0 aliphatic carbocycles. The van der Waals surface area contributed by atoms with Crippen molar-refractivity contribution in [3.05, 3.63) is 24.0 Å². The molecule has 2 rings (SSSR count). The summed E-state index contributed by atoms with van der Waals surface area (Å²) in [6, 6.07) is 0. The third-order valence-corrected chi connectivity index (χ3v) is 4.98. The maximum atomic E-state index is 12.2. The van der Waals surface area contributed by atoms with Crippen LogP contribution >= 0.6 is 30.1 Å². The molecule has 1 aliphatic heterocycles. The molecule has 6 nitrogen and oxygen atoms in total. The Balaban J connectivity index is 1.91. The quantitative estimate of drug-likeness (QED) is 0.470. The van der Waals surface area contributed by atoms with Crippen LogP contribution in [0.25, 0.3) is 5.57 Å². The molecule has 1 amide bonds. The molecule has 2 heterocycles. The molecule has 0 unspecified atom stereocenters. The molecule has 8 heteroatoms. The Morgan fingerprint density at radius 1 is 1.46 bits per heavy atom. The first-order chi connectivity index (χ1) is 11.4. The Kier molecular flexibility index (Phi) is 7.42. The van der Waals surface area contributed by atoms with E-state index in [4.69, 9.17) is 9.47 Å². The molecular formula is C16H24IN3O3S. The van der Waals surface area contributed by atoms with Crippen LogP contribution in [-0.4, -0.2) is 51.8 Å². The molecule has 134 valence electrons. The third-order valence-electron chi connectivity index (χ3n) is 3.34. The Bertz CT molecular complexity index is 583. The zero-order valence-electron chi connectivity index (χ0n) is 14.3. The SMILES string of the molecule is CC(C)(C)OC(=O)N1CCC=C(c2cnn(COCCSI)c2)C1. The van der Waals surface area contributed by atoms with Gasteiger partial charge < -0.3 is 14.4 Å². The second-order valence-electron chi connectivity index (χ2n) is 6.54. The average molecular weight is 465 g/mol. The van der Waals surface area contributed by atoms with Crippen molar-refractivity contribution < 1.29 is 14.3 Å². The predicted octanol–water partition coefficient (Wildman–Crippen LogP) is 3.96. The van der Waals surface area contributed by atoms with Gasteiger partial charge in [-0.25, -0.2) is 9.48 Å². The van der Waals surface area contributed by atoms with Gasteiger partial charge in [0.15, 0.2) is 0 Å². The number of hydrogen-bond donors (Lipinski definition) is 0. The lowest BCUT2D eigenvalue weighted by molar-refractivity contribution is 0.0273. The first-order valence-corrected chi connectivity index (χ1v) is 11.4. The highest BCUT2D eigenvalue weighted by Gasteiger charge is 2.25. The summed E-state index contributed by atoms with van der Waals surface area (Å²) in [5, 5.41) is 4.33. The van der Waals surface area contributed by atoms with Crippen molar-refractivity contribution in [1.29, 1.82) is 0 Å². The highest BCUT2D eigenvalue weighted by molar-refractivity contribution is 14.2. The summed E-state index contributed by atoms with van der Waals surface area (Å²) in [6.45, 7) is 8.03. The van der Waals surface area contributed by atoms with Crippen molar-refractivity contribution in [3.63, 3.8) is 0 Å². The van der Waals surface area contributed by atoms with Crippen LogP contribution in [0.3, 0.4) is 0 Å². The van der Waals surface area contributed by atoms with E-state index >= 15 is 0 Å². The largest absolute Gasteiger partial charge is 0.444 e. The molecule has 0 saturated heterocycles. The Hall–Kier alpha value is -0.740. The van der Waals surface area contributed by atoms with E-state index in [0.717, 1.165) is 23.3 Å². The number of halogens is 1. The summed E-state index contributed by atoms with van der Waals surface area (Å²) in [6.07, 6.45) is 6.50. The van der Waals surface area contributed by atoms with Gasteiger partial charge in [0, 0.05) is 30.6 Å². The minimum absolute atomic E-state index is 0.264. The van der Waals surface area contributed by atoms with Gasteiger partial charge in [-0.2, -0.15) is 5.10 Å². The first-order valence-electron chi connectivity index (χ1n) is 7.90. The highest BCUT2D eigenvalue weighted by Crippen LogP contribution is 2.22. The number of aromatic nitrogens is 2. The molecule has 0 atom stereocenters. The van der Waals surface area contributed by atoms with Gasteiger partial charge in [-0.1, -0.05) is 15.0 Å². The van der Waals surface area contributed by atoms with E-state index in [2.05, 4.69) is 32.4 Å². The highest BCUT2D eigenvalue weighted by atomic mass is 127. The van der Waals surface area contributed by atoms with E-state index in [9.17, 15) is 4.79 Å². The number of nitrogens with zero attached hydrogens (tertiary/aromatic N) is 3. The van der Waals surface area contributed by atoms with Gasteiger partial charge in [-0.05, 0) is 54.0 Å². The monoisotopic (exact) mass is 465 g/mol. The number of carbonyl (C=O) groups is 1. The van der Waals surface area contributed by atoms with E-state index in [-0.39, 0.29) is 6.09 Å². The lowest BCUT2D eigenvalue weighted by Gasteiger charge is -2.30. The van der Waals surface area contributed by atoms with Crippen LogP contribution in [0.15, 0.2) is 18.5 Å². The van der Waals surface area contributed by atoms with E-state index < -0.39 is 5.60 Å². The molecule has 1 aromatic heterocycles. The number of amides is 1. The molecule has 0 N–H and O–H groups in total. The molecule has 24 heavy (non-hydrogen) atoms. The zero-order chi connectivity index (χ0) is 17.6. The fraction of sp³-hybridized carbons (Fsp3) is 0.625. The lowest BCUT2D eigenvalue weighted by Crippen LogP contribution is -2.39.